The number of pyridine rings is 1. The van der Waals surface area contributed by atoms with Gasteiger partial charge in [-0.3, -0.25) is 0 Å². The number of nitrogens with one attached hydrogen (secondary N) is 2. The van der Waals surface area contributed by atoms with E-state index in [-0.39, 0.29) is 0 Å². The van der Waals surface area contributed by atoms with Gasteiger partial charge in [0.2, 0.25) is 0 Å². The van der Waals surface area contributed by atoms with Crippen LogP contribution in [0.3, 0.4) is 0 Å². The van der Waals surface area contributed by atoms with Crippen LogP contribution in [-0.4, -0.2) is 52.4 Å². The fourth-order valence-corrected chi connectivity index (χ4v) is 3.67. The molecular weight excluding hydrogens is 352 g/mol. The molecule has 0 bridgehead atoms. The highest BCUT2D eigenvalue weighted by atomic mass is 16.5. The molecule has 0 atom stereocenters. The van der Waals surface area contributed by atoms with E-state index >= 15 is 0 Å². The van der Waals surface area contributed by atoms with Gasteiger partial charge in [0.25, 0.3) is 0 Å². The fourth-order valence-electron chi connectivity index (χ4n) is 3.67. The van der Waals surface area contributed by atoms with Crippen LogP contribution >= 0.6 is 0 Å². The largest absolute Gasteiger partial charge is 0.493 e. The molecule has 2 heterocycles. The van der Waals surface area contributed by atoms with Gasteiger partial charge in [0.1, 0.15) is 0 Å². The molecule has 3 aromatic rings. The number of ether oxygens (including phenoxy) is 2. The van der Waals surface area contributed by atoms with Gasteiger partial charge in [0.15, 0.2) is 11.5 Å². The lowest BCUT2D eigenvalue weighted by Gasteiger charge is -2.29. The summed E-state index contributed by atoms with van der Waals surface area (Å²) >= 11 is 0. The Morgan fingerprint density at radius 2 is 1.64 bits per heavy atom. The molecule has 0 saturated carbocycles. The van der Waals surface area contributed by atoms with Crippen LogP contribution in [0.1, 0.15) is 0 Å². The minimum atomic E-state index is 0.677. The number of rotatable bonds is 5. The molecule has 0 amide bonds. The van der Waals surface area contributed by atoms with Crippen molar-refractivity contribution in [1.82, 2.24) is 10.3 Å². The van der Waals surface area contributed by atoms with Crippen molar-refractivity contribution in [2.45, 2.75) is 0 Å². The van der Waals surface area contributed by atoms with Gasteiger partial charge >= 0.3 is 0 Å². The summed E-state index contributed by atoms with van der Waals surface area (Å²) in [5, 5.41) is 7.67. The Labute approximate surface area is 165 Å². The first-order valence-electron chi connectivity index (χ1n) is 9.54. The molecule has 28 heavy (non-hydrogen) atoms. The molecule has 1 aliphatic rings. The molecule has 0 radical (unpaired) electrons. The molecule has 2 aromatic carbocycles. The van der Waals surface area contributed by atoms with Crippen LogP contribution in [0.15, 0.2) is 42.5 Å². The zero-order valence-electron chi connectivity index (χ0n) is 16.6. The summed E-state index contributed by atoms with van der Waals surface area (Å²) in [5.41, 5.74) is 5.15. The lowest BCUT2D eigenvalue weighted by atomic mass is 10.1. The molecule has 4 rings (SSSR count). The highest BCUT2D eigenvalue weighted by Gasteiger charge is 2.14. The second kappa shape index (κ2) is 7.94. The maximum atomic E-state index is 5.45. The molecule has 0 unspecified atom stereocenters. The van der Waals surface area contributed by atoms with E-state index in [1.807, 2.05) is 19.2 Å². The summed E-state index contributed by atoms with van der Waals surface area (Å²) in [5.74, 6) is 1.37. The molecule has 6 heteroatoms. The molecule has 0 spiro atoms. The van der Waals surface area contributed by atoms with Gasteiger partial charge in [-0.1, -0.05) is 12.1 Å². The highest BCUT2D eigenvalue weighted by molar-refractivity contribution is 5.96. The molecule has 6 nitrogen and oxygen atoms in total. The maximum Gasteiger partial charge on any atom is 0.162 e. The summed E-state index contributed by atoms with van der Waals surface area (Å²) in [7, 11) is 5.20. The Balaban J connectivity index is 1.73. The second-order valence-corrected chi connectivity index (χ2v) is 6.81. The van der Waals surface area contributed by atoms with Gasteiger partial charge in [-0.05, 0) is 24.3 Å². The van der Waals surface area contributed by atoms with Crippen LogP contribution in [0.2, 0.25) is 0 Å². The van der Waals surface area contributed by atoms with Crippen LogP contribution in [0.4, 0.5) is 11.4 Å². The van der Waals surface area contributed by atoms with Gasteiger partial charge in [-0.2, -0.15) is 0 Å². The Hall–Kier alpha value is -2.99. The van der Waals surface area contributed by atoms with E-state index in [1.165, 1.54) is 5.69 Å². The molecule has 1 fully saturated rings. The predicted octanol–water partition coefficient (Wildman–Crippen LogP) is 3.37. The highest BCUT2D eigenvalue weighted by Crippen LogP contribution is 2.36. The first kappa shape index (κ1) is 18.4. The summed E-state index contributed by atoms with van der Waals surface area (Å²) < 4.78 is 10.9. The quantitative estimate of drug-likeness (QED) is 0.710. The van der Waals surface area contributed by atoms with Crippen molar-refractivity contribution in [2.24, 2.45) is 0 Å². The van der Waals surface area contributed by atoms with Gasteiger partial charge in [-0.25, -0.2) is 4.98 Å². The van der Waals surface area contributed by atoms with Crippen LogP contribution in [0, 0.1) is 0 Å². The Morgan fingerprint density at radius 3 is 2.29 bits per heavy atom. The summed E-state index contributed by atoms with van der Waals surface area (Å²) in [6.07, 6.45) is 0. The topological polar surface area (TPSA) is 58.7 Å². The maximum absolute atomic E-state index is 5.45. The van der Waals surface area contributed by atoms with Crippen molar-refractivity contribution in [3.05, 3.63) is 42.5 Å². The number of hydrogen-bond donors (Lipinski definition) is 2. The number of fused-ring (bicyclic) bond motifs is 1. The predicted molar refractivity (Wildman–Crippen MR) is 115 cm³/mol. The number of methoxy groups -OCH3 is 2. The van der Waals surface area contributed by atoms with E-state index in [1.54, 1.807) is 14.2 Å². The lowest BCUT2D eigenvalue weighted by Crippen LogP contribution is -2.43. The number of hydrogen-bond acceptors (Lipinski definition) is 6. The van der Waals surface area contributed by atoms with Crippen molar-refractivity contribution in [1.29, 1.82) is 0 Å². The van der Waals surface area contributed by atoms with E-state index in [9.17, 15) is 0 Å². The smallest absolute Gasteiger partial charge is 0.162 e. The Kier molecular flexibility index (Phi) is 5.21. The summed E-state index contributed by atoms with van der Waals surface area (Å²) in [6.45, 7) is 4.15. The molecule has 1 aliphatic heterocycles. The molecule has 1 aromatic heterocycles. The van der Waals surface area contributed by atoms with Crippen molar-refractivity contribution < 1.29 is 9.47 Å². The van der Waals surface area contributed by atoms with Crippen LogP contribution in [0.25, 0.3) is 22.2 Å². The van der Waals surface area contributed by atoms with Gasteiger partial charge in [0.05, 0.1) is 25.4 Å². The minimum absolute atomic E-state index is 0.677. The van der Waals surface area contributed by atoms with E-state index < -0.39 is 0 Å². The molecule has 0 aliphatic carbocycles. The number of piperazine rings is 1. The zero-order valence-corrected chi connectivity index (χ0v) is 16.6. The van der Waals surface area contributed by atoms with Crippen molar-refractivity contribution >= 4 is 22.3 Å². The Bertz CT molecular complexity index is 966. The van der Waals surface area contributed by atoms with Crippen LogP contribution in [0.5, 0.6) is 11.5 Å². The first-order chi connectivity index (χ1) is 13.7. The van der Waals surface area contributed by atoms with Gasteiger partial charge < -0.3 is 25.0 Å². The van der Waals surface area contributed by atoms with E-state index in [0.29, 0.717) is 11.5 Å². The second-order valence-electron chi connectivity index (χ2n) is 6.81. The monoisotopic (exact) mass is 378 g/mol. The van der Waals surface area contributed by atoms with E-state index in [0.717, 1.165) is 54.0 Å². The zero-order chi connectivity index (χ0) is 19.5. The lowest BCUT2D eigenvalue weighted by molar-refractivity contribution is 0.356. The fraction of sp³-hybridized carbons (Fsp3) is 0.318. The van der Waals surface area contributed by atoms with Crippen LogP contribution < -0.4 is 25.0 Å². The summed E-state index contributed by atoms with van der Waals surface area (Å²) in [4.78, 5) is 7.29. The molecule has 2 N–H and O–H groups in total. The van der Waals surface area contributed by atoms with Crippen molar-refractivity contribution in [2.75, 3.05) is 57.7 Å². The SMILES string of the molecule is CNc1cc(-c2ccc(N3CCNCC3)cc2)nc2cc(OC)c(OC)cc12. The summed E-state index contributed by atoms with van der Waals surface area (Å²) in [6, 6.07) is 14.6. The number of aromatic nitrogens is 1. The van der Waals surface area contributed by atoms with Crippen LogP contribution in [-0.2, 0) is 0 Å². The third-order valence-corrected chi connectivity index (χ3v) is 5.23. The Morgan fingerprint density at radius 1 is 0.964 bits per heavy atom. The number of nitrogens with zero attached hydrogens (tertiary/aromatic N) is 2. The van der Waals surface area contributed by atoms with E-state index in [2.05, 4.69) is 45.9 Å². The van der Waals surface area contributed by atoms with E-state index in [4.69, 9.17) is 14.5 Å². The average molecular weight is 378 g/mol. The van der Waals surface area contributed by atoms with Gasteiger partial charge in [0, 0.05) is 61.6 Å². The molecule has 1 saturated heterocycles. The van der Waals surface area contributed by atoms with Crippen molar-refractivity contribution in [3.63, 3.8) is 0 Å². The van der Waals surface area contributed by atoms with Gasteiger partial charge in [-0.15, -0.1) is 0 Å². The molecule has 146 valence electrons. The first-order valence-corrected chi connectivity index (χ1v) is 9.54. The standard InChI is InChI=1S/C22H26N4O2/c1-23-19-13-18(25-20-14-22(28-3)21(27-2)12-17(19)20)15-4-6-16(7-5-15)26-10-8-24-9-11-26/h4-7,12-14,24H,8-11H2,1-3H3,(H,23,25). The normalized spacial score (nSPS) is 14.2. The average Bonchev–Trinajstić information content (AvgIpc) is 2.78. The number of anilines is 2. The third-order valence-electron chi connectivity index (χ3n) is 5.23. The van der Waals surface area contributed by atoms with Crippen molar-refractivity contribution in [3.8, 4) is 22.8 Å². The number of benzene rings is 2. The minimum Gasteiger partial charge on any atom is -0.493 e. The molecular formula is C22H26N4O2. The third kappa shape index (κ3) is 3.43.